The molecule has 1 saturated carbocycles. The van der Waals surface area contributed by atoms with Crippen LogP contribution in [0.5, 0.6) is 0 Å². The van der Waals surface area contributed by atoms with Crippen LogP contribution in [-0.4, -0.2) is 42.0 Å². The Balaban J connectivity index is 2.05. The summed E-state index contributed by atoms with van der Waals surface area (Å²) in [4.78, 5) is 13.7. The zero-order valence-electron chi connectivity index (χ0n) is 8.70. The lowest BCUT2D eigenvalue weighted by Gasteiger charge is -2.38. The Morgan fingerprint density at radius 3 is 2.93 bits per heavy atom. The topological polar surface area (TPSA) is 58.4 Å². The van der Waals surface area contributed by atoms with Gasteiger partial charge in [-0.15, -0.1) is 0 Å². The molecule has 14 heavy (non-hydrogen) atoms. The molecule has 0 radical (unpaired) electrons. The standard InChI is InChI=1S/C10H19N3O/c1-7-10(14)12-5-6-13(7)9-4-2-3-8(9)11/h7-9H,2-6,11H2,1H3,(H,12,14). The molecular formula is C10H19N3O. The summed E-state index contributed by atoms with van der Waals surface area (Å²) in [5, 5.41) is 2.88. The van der Waals surface area contributed by atoms with Crippen molar-refractivity contribution in [3.8, 4) is 0 Å². The highest BCUT2D eigenvalue weighted by molar-refractivity contribution is 5.82. The van der Waals surface area contributed by atoms with E-state index in [9.17, 15) is 4.79 Å². The summed E-state index contributed by atoms with van der Waals surface area (Å²) in [6.07, 6.45) is 3.46. The van der Waals surface area contributed by atoms with Gasteiger partial charge in [-0.05, 0) is 19.8 Å². The largest absolute Gasteiger partial charge is 0.353 e. The molecule has 1 aliphatic carbocycles. The molecule has 0 bridgehead atoms. The SMILES string of the molecule is CC1C(=O)NCCN1C1CCCC1N. The highest BCUT2D eigenvalue weighted by Crippen LogP contribution is 2.25. The van der Waals surface area contributed by atoms with Gasteiger partial charge in [0.05, 0.1) is 6.04 Å². The average molecular weight is 197 g/mol. The summed E-state index contributed by atoms with van der Waals surface area (Å²) in [6.45, 7) is 3.69. The monoisotopic (exact) mass is 197 g/mol. The van der Waals surface area contributed by atoms with Crippen LogP contribution in [0.3, 0.4) is 0 Å². The van der Waals surface area contributed by atoms with Crippen LogP contribution in [0.15, 0.2) is 0 Å². The maximum atomic E-state index is 11.5. The number of rotatable bonds is 1. The van der Waals surface area contributed by atoms with E-state index in [0.717, 1.165) is 25.9 Å². The number of nitrogens with two attached hydrogens (primary N) is 1. The first-order valence-electron chi connectivity index (χ1n) is 5.49. The Labute approximate surface area is 84.8 Å². The molecule has 2 aliphatic rings. The van der Waals surface area contributed by atoms with Crippen molar-refractivity contribution in [3.63, 3.8) is 0 Å². The number of hydrogen-bond acceptors (Lipinski definition) is 3. The van der Waals surface area contributed by atoms with Gasteiger partial charge in [0.2, 0.25) is 5.91 Å². The van der Waals surface area contributed by atoms with E-state index >= 15 is 0 Å². The molecule has 0 spiro atoms. The van der Waals surface area contributed by atoms with Crippen molar-refractivity contribution in [2.75, 3.05) is 13.1 Å². The Hall–Kier alpha value is -0.610. The van der Waals surface area contributed by atoms with Crippen molar-refractivity contribution < 1.29 is 4.79 Å². The quantitative estimate of drug-likeness (QED) is 0.606. The molecule has 80 valence electrons. The summed E-state index contributed by atoms with van der Waals surface area (Å²) in [7, 11) is 0. The van der Waals surface area contributed by atoms with Gasteiger partial charge in [-0.3, -0.25) is 9.69 Å². The molecule has 1 amide bonds. The van der Waals surface area contributed by atoms with Gasteiger partial charge in [-0.2, -0.15) is 0 Å². The third-order valence-corrected chi connectivity index (χ3v) is 3.50. The minimum absolute atomic E-state index is 0.00194. The zero-order chi connectivity index (χ0) is 10.1. The molecule has 2 fully saturated rings. The van der Waals surface area contributed by atoms with Crippen LogP contribution in [0.4, 0.5) is 0 Å². The summed E-state index contributed by atoms with van der Waals surface area (Å²) in [5.74, 6) is 0.148. The van der Waals surface area contributed by atoms with Crippen molar-refractivity contribution in [1.82, 2.24) is 10.2 Å². The average Bonchev–Trinajstić information content (AvgIpc) is 2.57. The Bertz CT molecular complexity index is 231. The Kier molecular flexibility index (Phi) is 2.74. The molecule has 3 unspecified atom stereocenters. The number of carbonyl (C=O) groups is 1. The molecule has 1 aliphatic heterocycles. The smallest absolute Gasteiger partial charge is 0.237 e. The van der Waals surface area contributed by atoms with Gasteiger partial charge in [0.25, 0.3) is 0 Å². The Morgan fingerprint density at radius 2 is 2.29 bits per heavy atom. The minimum atomic E-state index is -0.00194. The van der Waals surface area contributed by atoms with Gasteiger partial charge < -0.3 is 11.1 Å². The highest BCUT2D eigenvalue weighted by atomic mass is 16.2. The number of piperazine rings is 1. The predicted octanol–water partition coefficient (Wildman–Crippen LogP) is -0.313. The molecule has 0 aromatic rings. The van der Waals surface area contributed by atoms with E-state index in [-0.39, 0.29) is 18.0 Å². The first kappa shape index (κ1) is 9.93. The molecule has 3 atom stereocenters. The molecular weight excluding hydrogens is 178 g/mol. The summed E-state index contributed by atoms with van der Waals surface area (Å²) in [5.41, 5.74) is 6.04. The first-order chi connectivity index (χ1) is 6.70. The maximum Gasteiger partial charge on any atom is 0.237 e. The van der Waals surface area contributed by atoms with Crippen molar-refractivity contribution in [3.05, 3.63) is 0 Å². The molecule has 0 aromatic carbocycles. The summed E-state index contributed by atoms with van der Waals surface area (Å²) < 4.78 is 0. The molecule has 1 saturated heterocycles. The zero-order valence-corrected chi connectivity index (χ0v) is 8.70. The van der Waals surface area contributed by atoms with Crippen LogP contribution in [0.25, 0.3) is 0 Å². The van der Waals surface area contributed by atoms with Crippen LogP contribution in [0, 0.1) is 0 Å². The van der Waals surface area contributed by atoms with E-state index in [1.807, 2.05) is 6.92 Å². The van der Waals surface area contributed by atoms with Gasteiger partial charge in [0.15, 0.2) is 0 Å². The highest BCUT2D eigenvalue weighted by Gasteiger charge is 2.36. The Morgan fingerprint density at radius 1 is 1.50 bits per heavy atom. The second kappa shape index (κ2) is 3.87. The van der Waals surface area contributed by atoms with E-state index in [4.69, 9.17) is 5.73 Å². The van der Waals surface area contributed by atoms with Crippen molar-refractivity contribution in [2.24, 2.45) is 5.73 Å². The van der Waals surface area contributed by atoms with Crippen LogP contribution in [-0.2, 0) is 4.79 Å². The van der Waals surface area contributed by atoms with Gasteiger partial charge in [0, 0.05) is 25.2 Å². The minimum Gasteiger partial charge on any atom is -0.353 e. The maximum absolute atomic E-state index is 11.5. The third kappa shape index (κ3) is 1.64. The fourth-order valence-corrected chi connectivity index (χ4v) is 2.63. The first-order valence-corrected chi connectivity index (χ1v) is 5.49. The van der Waals surface area contributed by atoms with E-state index in [1.165, 1.54) is 6.42 Å². The fourth-order valence-electron chi connectivity index (χ4n) is 2.63. The lowest BCUT2D eigenvalue weighted by Crippen LogP contribution is -2.59. The molecule has 4 nitrogen and oxygen atoms in total. The molecule has 2 rings (SSSR count). The number of nitrogens with zero attached hydrogens (tertiary/aromatic N) is 1. The number of hydrogen-bond donors (Lipinski definition) is 2. The van der Waals surface area contributed by atoms with Gasteiger partial charge >= 0.3 is 0 Å². The molecule has 3 N–H and O–H groups in total. The van der Waals surface area contributed by atoms with E-state index in [0.29, 0.717) is 6.04 Å². The van der Waals surface area contributed by atoms with Crippen LogP contribution < -0.4 is 11.1 Å². The second-order valence-corrected chi connectivity index (χ2v) is 4.37. The number of amides is 1. The summed E-state index contributed by atoms with van der Waals surface area (Å²) >= 11 is 0. The predicted molar refractivity (Wildman–Crippen MR) is 54.8 cm³/mol. The number of carbonyl (C=O) groups excluding carboxylic acids is 1. The molecule has 1 heterocycles. The fraction of sp³-hybridized carbons (Fsp3) is 0.900. The van der Waals surface area contributed by atoms with Crippen LogP contribution in [0.2, 0.25) is 0 Å². The van der Waals surface area contributed by atoms with Gasteiger partial charge in [0.1, 0.15) is 0 Å². The molecule has 4 heteroatoms. The van der Waals surface area contributed by atoms with Crippen molar-refractivity contribution in [2.45, 2.75) is 44.3 Å². The van der Waals surface area contributed by atoms with E-state index in [2.05, 4.69) is 10.2 Å². The summed E-state index contributed by atoms with van der Waals surface area (Å²) in [6, 6.07) is 0.692. The van der Waals surface area contributed by atoms with Crippen molar-refractivity contribution in [1.29, 1.82) is 0 Å². The van der Waals surface area contributed by atoms with E-state index in [1.54, 1.807) is 0 Å². The molecule has 0 aromatic heterocycles. The second-order valence-electron chi connectivity index (χ2n) is 4.37. The lowest BCUT2D eigenvalue weighted by atomic mass is 10.1. The van der Waals surface area contributed by atoms with E-state index < -0.39 is 0 Å². The van der Waals surface area contributed by atoms with Gasteiger partial charge in [-0.1, -0.05) is 6.42 Å². The normalized spacial score (nSPS) is 39.9. The number of nitrogens with one attached hydrogen (secondary N) is 1. The third-order valence-electron chi connectivity index (χ3n) is 3.50. The van der Waals surface area contributed by atoms with Crippen LogP contribution in [0.1, 0.15) is 26.2 Å². The van der Waals surface area contributed by atoms with Crippen LogP contribution >= 0.6 is 0 Å². The van der Waals surface area contributed by atoms with Gasteiger partial charge in [-0.25, -0.2) is 0 Å². The van der Waals surface area contributed by atoms with Crippen molar-refractivity contribution >= 4 is 5.91 Å². The lowest BCUT2D eigenvalue weighted by molar-refractivity contribution is -0.129.